The second-order valence-corrected chi connectivity index (χ2v) is 4.56. The van der Waals surface area contributed by atoms with Crippen molar-refractivity contribution in [2.45, 2.75) is 19.0 Å². The van der Waals surface area contributed by atoms with Gasteiger partial charge >= 0.3 is 12.2 Å². The predicted octanol–water partition coefficient (Wildman–Crippen LogP) is 3.36. The second-order valence-electron chi connectivity index (χ2n) is 4.56. The average Bonchev–Trinajstić information content (AvgIpc) is 2.74. The third-order valence-electron chi connectivity index (χ3n) is 3.03. The van der Waals surface area contributed by atoms with Crippen LogP contribution in [0.4, 0.5) is 23.7 Å². The minimum absolute atomic E-state index is 0.285. The Morgan fingerprint density at radius 2 is 1.95 bits per heavy atom. The van der Waals surface area contributed by atoms with Crippen molar-refractivity contribution in [1.82, 2.24) is 4.90 Å². The number of likely N-dealkylation sites (tertiary alicyclic amines) is 1. The topological polar surface area (TPSA) is 44.7 Å². The first-order chi connectivity index (χ1) is 9.36. The van der Waals surface area contributed by atoms with E-state index in [1.807, 2.05) is 11.9 Å². The molecule has 20 heavy (non-hydrogen) atoms. The highest BCUT2D eigenvalue weighted by Crippen LogP contribution is 2.29. The fraction of sp³-hybridized carbons (Fsp3) is 0.385. The number of hydrogen-bond donors (Lipinski definition) is 1. The number of urea groups is 1. The van der Waals surface area contributed by atoms with Gasteiger partial charge in [0.05, 0.1) is 5.56 Å². The van der Waals surface area contributed by atoms with E-state index in [1.165, 1.54) is 12.1 Å². The standard InChI is InChI=1S/C13H14F3N3O/c1-19-8-2-3-11(19)18-12(20)17-10-6-4-9(5-7-10)13(14,15)16/h4-7H,2-3,8H2,1H3,(H,17,20)/b18-11-. The molecule has 0 unspecified atom stereocenters. The van der Waals surface area contributed by atoms with Gasteiger partial charge in [-0.1, -0.05) is 0 Å². The average molecular weight is 285 g/mol. The van der Waals surface area contributed by atoms with Crippen LogP contribution < -0.4 is 5.32 Å². The third kappa shape index (κ3) is 3.49. The Morgan fingerprint density at radius 3 is 2.45 bits per heavy atom. The molecule has 1 aliphatic heterocycles. The number of hydrogen-bond acceptors (Lipinski definition) is 1. The highest BCUT2D eigenvalue weighted by atomic mass is 19.4. The molecule has 0 aromatic heterocycles. The van der Waals surface area contributed by atoms with Crippen LogP contribution in [0.2, 0.25) is 0 Å². The number of alkyl halides is 3. The largest absolute Gasteiger partial charge is 0.416 e. The molecule has 2 amide bonds. The Kier molecular flexibility index (Phi) is 3.96. The molecule has 0 bridgehead atoms. The third-order valence-corrected chi connectivity index (χ3v) is 3.03. The van der Waals surface area contributed by atoms with Gasteiger partial charge in [0.25, 0.3) is 0 Å². The number of carbonyl (C=O) groups is 1. The SMILES string of the molecule is CN1CCC/C1=N/C(=O)Nc1ccc(C(F)(F)F)cc1. The maximum absolute atomic E-state index is 12.4. The summed E-state index contributed by atoms with van der Waals surface area (Å²) in [5.41, 5.74) is -0.467. The summed E-state index contributed by atoms with van der Waals surface area (Å²) in [7, 11) is 1.84. The Bertz CT molecular complexity index is 523. The Morgan fingerprint density at radius 1 is 1.30 bits per heavy atom. The van der Waals surface area contributed by atoms with Gasteiger partial charge in [0.15, 0.2) is 0 Å². The first kappa shape index (κ1) is 14.4. The molecule has 1 fully saturated rings. The van der Waals surface area contributed by atoms with Crippen LogP contribution in [-0.4, -0.2) is 30.4 Å². The zero-order valence-corrected chi connectivity index (χ0v) is 10.9. The number of carbonyl (C=O) groups excluding carboxylic acids is 1. The van der Waals surface area contributed by atoms with Gasteiger partial charge in [0, 0.05) is 25.7 Å². The molecule has 0 saturated carbocycles. The number of amidine groups is 1. The van der Waals surface area contributed by atoms with Gasteiger partial charge in [-0.2, -0.15) is 18.2 Å². The van der Waals surface area contributed by atoms with Crippen LogP contribution >= 0.6 is 0 Å². The molecule has 108 valence electrons. The van der Waals surface area contributed by atoms with E-state index in [4.69, 9.17) is 0 Å². The normalized spacial score (nSPS) is 17.6. The van der Waals surface area contributed by atoms with Crippen molar-refractivity contribution in [2.75, 3.05) is 18.9 Å². The van der Waals surface area contributed by atoms with Crippen molar-refractivity contribution < 1.29 is 18.0 Å². The summed E-state index contributed by atoms with van der Waals surface area (Å²) >= 11 is 0. The summed E-state index contributed by atoms with van der Waals surface area (Å²) in [5.74, 6) is 0.689. The number of benzene rings is 1. The zero-order valence-electron chi connectivity index (χ0n) is 10.9. The van der Waals surface area contributed by atoms with Crippen LogP contribution in [0.1, 0.15) is 18.4 Å². The molecule has 1 aromatic carbocycles. The molecule has 2 rings (SSSR count). The van der Waals surface area contributed by atoms with Crippen molar-refractivity contribution in [1.29, 1.82) is 0 Å². The van der Waals surface area contributed by atoms with Gasteiger partial charge in [0.2, 0.25) is 0 Å². The van der Waals surface area contributed by atoms with E-state index in [2.05, 4.69) is 10.3 Å². The Labute approximate surface area is 114 Å². The summed E-state index contributed by atoms with van der Waals surface area (Å²) in [6.45, 7) is 0.854. The first-order valence-electron chi connectivity index (χ1n) is 6.13. The molecule has 0 radical (unpaired) electrons. The lowest BCUT2D eigenvalue weighted by atomic mass is 10.2. The number of anilines is 1. The molecule has 0 atom stereocenters. The fourth-order valence-corrected chi connectivity index (χ4v) is 1.95. The molecule has 7 heteroatoms. The van der Waals surface area contributed by atoms with Crippen LogP contribution in [0.5, 0.6) is 0 Å². The van der Waals surface area contributed by atoms with Crippen molar-refractivity contribution in [3.8, 4) is 0 Å². The van der Waals surface area contributed by atoms with Crippen LogP contribution in [0.25, 0.3) is 0 Å². The number of aliphatic imine (C=N–C) groups is 1. The van der Waals surface area contributed by atoms with E-state index in [1.54, 1.807) is 0 Å². The number of nitrogens with one attached hydrogen (secondary N) is 1. The number of rotatable bonds is 1. The van der Waals surface area contributed by atoms with Crippen LogP contribution in [0.3, 0.4) is 0 Å². The molecule has 4 nitrogen and oxygen atoms in total. The maximum atomic E-state index is 12.4. The number of amides is 2. The van der Waals surface area contributed by atoms with E-state index in [0.717, 1.165) is 31.5 Å². The first-order valence-corrected chi connectivity index (χ1v) is 6.13. The summed E-state index contributed by atoms with van der Waals surface area (Å²) < 4.78 is 37.1. The van der Waals surface area contributed by atoms with E-state index >= 15 is 0 Å². The molecular weight excluding hydrogens is 271 g/mol. The molecule has 1 N–H and O–H groups in total. The van der Waals surface area contributed by atoms with Crippen LogP contribution in [-0.2, 0) is 6.18 Å². The van der Waals surface area contributed by atoms with E-state index < -0.39 is 17.8 Å². The summed E-state index contributed by atoms with van der Waals surface area (Å²) in [5, 5.41) is 2.45. The van der Waals surface area contributed by atoms with Crippen LogP contribution in [0.15, 0.2) is 29.3 Å². The minimum Gasteiger partial charge on any atom is -0.363 e. The smallest absolute Gasteiger partial charge is 0.363 e. The molecular formula is C13H14F3N3O. The van der Waals surface area contributed by atoms with Gasteiger partial charge < -0.3 is 10.2 Å². The molecule has 1 saturated heterocycles. The van der Waals surface area contributed by atoms with Crippen molar-refractivity contribution in [3.05, 3.63) is 29.8 Å². The van der Waals surface area contributed by atoms with Gasteiger partial charge in [-0.25, -0.2) is 4.79 Å². The second kappa shape index (κ2) is 5.52. The summed E-state index contributed by atoms with van der Waals surface area (Å²) in [4.78, 5) is 17.4. The highest BCUT2D eigenvalue weighted by Gasteiger charge is 2.30. The highest BCUT2D eigenvalue weighted by molar-refractivity contribution is 6.00. The van der Waals surface area contributed by atoms with E-state index in [-0.39, 0.29) is 5.69 Å². The van der Waals surface area contributed by atoms with Crippen molar-refractivity contribution in [3.63, 3.8) is 0 Å². The van der Waals surface area contributed by atoms with Crippen molar-refractivity contribution >= 4 is 17.6 Å². The monoisotopic (exact) mass is 285 g/mol. The lowest BCUT2D eigenvalue weighted by Crippen LogP contribution is -2.21. The van der Waals surface area contributed by atoms with Gasteiger partial charge in [0.1, 0.15) is 5.84 Å². The molecule has 1 aromatic rings. The fourth-order valence-electron chi connectivity index (χ4n) is 1.95. The summed E-state index contributed by atoms with van der Waals surface area (Å²) in [6, 6.07) is 3.68. The molecule has 1 aliphatic rings. The minimum atomic E-state index is -4.38. The molecule has 0 spiro atoms. The number of halogens is 3. The van der Waals surface area contributed by atoms with Crippen LogP contribution in [0, 0.1) is 0 Å². The maximum Gasteiger partial charge on any atom is 0.416 e. The molecule has 1 heterocycles. The predicted molar refractivity (Wildman–Crippen MR) is 69.8 cm³/mol. The van der Waals surface area contributed by atoms with Crippen molar-refractivity contribution in [2.24, 2.45) is 4.99 Å². The van der Waals surface area contributed by atoms with Gasteiger partial charge in [-0.3, -0.25) is 0 Å². The Balaban J connectivity index is 2.01. The lowest BCUT2D eigenvalue weighted by Gasteiger charge is -2.11. The number of nitrogens with zero attached hydrogens (tertiary/aromatic N) is 2. The Hall–Kier alpha value is -2.05. The van der Waals surface area contributed by atoms with Gasteiger partial charge in [-0.05, 0) is 30.7 Å². The summed E-state index contributed by atoms with van der Waals surface area (Å²) in [6.07, 6.45) is -2.70. The zero-order chi connectivity index (χ0) is 14.8. The van der Waals surface area contributed by atoms with Gasteiger partial charge in [-0.15, -0.1) is 0 Å². The quantitative estimate of drug-likeness (QED) is 0.860. The van der Waals surface area contributed by atoms with E-state index in [0.29, 0.717) is 5.84 Å². The lowest BCUT2D eigenvalue weighted by molar-refractivity contribution is -0.137. The van der Waals surface area contributed by atoms with E-state index in [9.17, 15) is 18.0 Å². The molecule has 0 aliphatic carbocycles.